The Labute approximate surface area is 102 Å². The molecule has 0 saturated heterocycles. The van der Waals surface area contributed by atoms with Crippen LogP contribution >= 0.6 is 0 Å². The molecule has 1 rings (SSSR count). The number of nitriles is 1. The Morgan fingerprint density at radius 2 is 1.76 bits per heavy atom. The summed E-state index contributed by atoms with van der Waals surface area (Å²) in [4.78, 5) is 0. The fourth-order valence-corrected chi connectivity index (χ4v) is 1.28. The van der Waals surface area contributed by atoms with Crippen molar-refractivity contribution < 1.29 is 14.2 Å². The third-order valence-electron chi connectivity index (χ3n) is 2.43. The lowest BCUT2D eigenvalue weighted by Crippen LogP contribution is -2.28. The van der Waals surface area contributed by atoms with Gasteiger partial charge in [-0.1, -0.05) is 12.1 Å². The summed E-state index contributed by atoms with van der Waals surface area (Å²) < 4.78 is 15.8. The molecular formula is C13H17NO3. The predicted molar refractivity (Wildman–Crippen MR) is 63.5 cm³/mol. The first-order valence-corrected chi connectivity index (χ1v) is 5.29. The van der Waals surface area contributed by atoms with Crippen LogP contribution in [0.15, 0.2) is 24.3 Å². The molecule has 1 atom stereocenters. The molecule has 92 valence electrons. The molecule has 0 aliphatic carbocycles. The van der Waals surface area contributed by atoms with E-state index in [0.29, 0.717) is 0 Å². The van der Waals surface area contributed by atoms with Gasteiger partial charge in [0.1, 0.15) is 5.75 Å². The first kappa shape index (κ1) is 13.5. The lowest BCUT2D eigenvalue weighted by atomic mass is 10.1. The topological polar surface area (TPSA) is 51.5 Å². The summed E-state index contributed by atoms with van der Waals surface area (Å²) in [6, 6.07) is 9.30. The maximum atomic E-state index is 9.10. The molecule has 0 amide bonds. The van der Waals surface area contributed by atoms with E-state index in [9.17, 15) is 0 Å². The minimum absolute atomic E-state index is 0.657. The Morgan fingerprint density at radius 3 is 2.18 bits per heavy atom. The third-order valence-corrected chi connectivity index (χ3v) is 2.43. The van der Waals surface area contributed by atoms with E-state index in [-0.39, 0.29) is 0 Å². The average Bonchev–Trinajstić information content (AvgIpc) is 2.36. The molecule has 0 N–H and O–H groups in total. The van der Waals surface area contributed by atoms with Crippen molar-refractivity contribution in [2.45, 2.75) is 25.7 Å². The van der Waals surface area contributed by atoms with Crippen LogP contribution in [0, 0.1) is 11.3 Å². The second kappa shape index (κ2) is 5.67. The minimum atomic E-state index is -0.791. The maximum Gasteiger partial charge on any atom is 0.172 e. The summed E-state index contributed by atoms with van der Waals surface area (Å²) >= 11 is 0. The molecule has 4 nitrogen and oxygen atoms in total. The summed E-state index contributed by atoms with van der Waals surface area (Å²) in [7, 11) is 3.14. The first-order valence-electron chi connectivity index (χ1n) is 5.29. The SMILES string of the molecule is COc1ccc(C(C#N)OC(C)(C)OC)cc1. The van der Waals surface area contributed by atoms with Gasteiger partial charge in [-0.05, 0) is 31.5 Å². The highest BCUT2D eigenvalue weighted by Crippen LogP contribution is 2.25. The van der Waals surface area contributed by atoms with Gasteiger partial charge in [-0.3, -0.25) is 0 Å². The molecule has 0 aliphatic heterocycles. The van der Waals surface area contributed by atoms with Crippen LogP contribution in [-0.4, -0.2) is 20.0 Å². The zero-order valence-electron chi connectivity index (χ0n) is 10.6. The van der Waals surface area contributed by atoms with Gasteiger partial charge in [-0.2, -0.15) is 5.26 Å². The second-order valence-electron chi connectivity index (χ2n) is 4.00. The molecular weight excluding hydrogens is 218 g/mol. The van der Waals surface area contributed by atoms with Crippen LogP contribution in [0.1, 0.15) is 25.5 Å². The van der Waals surface area contributed by atoms with Crippen LogP contribution in [-0.2, 0) is 9.47 Å². The summed E-state index contributed by atoms with van der Waals surface area (Å²) in [5.74, 6) is -0.0446. The number of methoxy groups -OCH3 is 2. The van der Waals surface area contributed by atoms with E-state index in [1.54, 1.807) is 52.3 Å². The molecule has 0 bridgehead atoms. The van der Waals surface area contributed by atoms with Crippen LogP contribution in [0.25, 0.3) is 0 Å². The molecule has 17 heavy (non-hydrogen) atoms. The molecule has 0 saturated carbocycles. The van der Waals surface area contributed by atoms with Crippen LogP contribution in [0.2, 0.25) is 0 Å². The van der Waals surface area contributed by atoms with Crippen molar-refractivity contribution in [3.05, 3.63) is 29.8 Å². The number of hydrogen-bond donors (Lipinski definition) is 0. The Bertz CT molecular complexity index is 392. The Kier molecular flexibility index (Phi) is 4.50. The summed E-state index contributed by atoms with van der Waals surface area (Å²) in [5, 5.41) is 9.10. The van der Waals surface area contributed by atoms with Crippen LogP contribution < -0.4 is 4.74 Å². The van der Waals surface area contributed by atoms with Gasteiger partial charge in [0.05, 0.1) is 13.2 Å². The smallest absolute Gasteiger partial charge is 0.172 e. The summed E-state index contributed by atoms with van der Waals surface area (Å²) in [6.07, 6.45) is -0.657. The van der Waals surface area contributed by atoms with Gasteiger partial charge in [0.2, 0.25) is 0 Å². The highest BCUT2D eigenvalue weighted by atomic mass is 16.7. The molecule has 0 fully saturated rings. The fourth-order valence-electron chi connectivity index (χ4n) is 1.28. The Morgan fingerprint density at radius 1 is 1.18 bits per heavy atom. The largest absolute Gasteiger partial charge is 0.497 e. The van der Waals surface area contributed by atoms with Crippen molar-refractivity contribution >= 4 is 0 Å². The highest BCUT2D eigenvalue weighted by molar-refractivity contribution is 5.30. The van der Waals surface area contributed by atoms with Crippen molar-refractivity contribution in [2.75, 3.05) is 14.2 Å². The summed E-state index contributed by atoms with van der Waals surface area (Å²) in [5.41, 5.74) is 0.776. The van der Waals surface area contributed by atoms with Gasteiger partial charge in [0.25, 0.3) is 0 Å². The minimum Gasteiger partial charge on any atom is -0.497 e. The molecule has 4 heteroatoms. The molecule has 0 spiro atoms. The Hall–Kier alpha value is -1.57. The standard InChI is InChI=1S/C13H17NO3/c1-13(2,16-4)17-12(9-14)10-5-7-11(15-3)8-6-10/h5-8,12H,1-4H3. The fraction of sp³-hybridized carbons (Fsp3) is 0.462. The quantitative estimate of drug-likeness (QED) is 0.736. The predicted octanol–water partition coefficient (Wildman–Crippen LogP) is 2.66. The van der Waals surface area contributed by atoms with Crippen molar-refractivity contribution in [1.82, 2.24) is 0 Å². The number of rotatable bonds is 5. The lowest BCUT2D eigenvalue weighted by Gasteiger charge is -2.26. The number of benzene rings is 1. The average molecular weight is 235 g/mol. The van der Waals surface area contributed by atoms with Gasteiger partial charge in [0, 0.05) is 7.11 Å². The third kappa shape index (κ3) is 3.74. The second-order valence-corrected chi connectivity index (χ2v) is 4.00. The molecule has 0 aliphatic rings. The zero-order valence-corrected chi connectivity index (χ0v) is 10.6. The van der Waals surface area contributed by atoms with E-state index < -0.39 is 11.9 Å². The van der Waals surface area contributed by atoms with Crippen molar-refractivity contribution in [3.63, 3.8) is 0 Å². The van der Waals surface area contributed by atoms with E-state index in [4.69, 9.17) is 19.5 Å². The van der Waals surface area contributed by atoms with E-state index in [1.807, 2.05) is 0 Å². The van der Waals surface area contributed by atoms with Gasteiger partial charge >= 0.3 is 0 Å². The van der Waals surface area contributed by atoms with Crippen molar-refractivity contribution in [1.29, 1.82) is 5.26 Å². The first-order chi connectivity index (χ1) is 8.02. The monoisotopic (exact) mass is 235 g/mol. The van der Waals surface area contributed by atoms with E-state index >= 15 is 0 Å². The van der Waals surface area contributed by atoms with Crippen LogP contribution in [0.4, 0.5) is 0 Å². The maximum absolute atomic E-state index is 9.10. The zero-order chi connectivity index (χ0) is 12.9. The normalized spacial score (nSPS) is 12.9. The molecule has 1 aromatic carbocycles. The van der Waals surface area contributed by atoms with E-state index in [1.165, 1.54) is 0 Å². The van der Waals surface area contributed by atoms with Crippen LogP contribution in [0.3, 0.4) is 0 Å². The molecule has 1 aromatic rings. The van der Waals surface area contributed by atoms with E-state index in [0.717, 1.165) is 11.3 Å². The molecule has 1 unspecified atom stereocenters. The number of ether oxygens (including phenoxy) is 3. The number of hydrogen-bond acceptors (Lipinski definition) is 4. The molecule has 0 radical (unpaired) electrons. The van der Waals surface area contributed by atoms with Crippen molar-refractivity contribution in [3.8, 4) is 11.8 Å². The van der Waals surface area contributed by atoms with Gasteiger partial charge in [-0.25, -0.2) is 0 Å². The van der Waals surface area contributed by atoms with Crippen LogP contribution in [0.5, 0.6) is 5.75 Å². The highest BCUT2D eigenvalue weighted by Gasteiger charge is 2.24. The lowest BCUT2D eigenvalue weighted by molar-refractivity contribution is -0.213. The van der Waals surface area contributed by atoms with Gasteiger partial charge in [0.15, 0.2) is 11.9 Å². The van der Waals surface area contributed by atoms with Gasteiger partial charge in [-0.15, -0.1) is 0 Å². The molecule has 0 heterocycles. The molecule has 0 aromatic heterocycles. The Balaban J connectivity index is 2.84. The summed E-state index contributed by atoms with van der Waals surface area (Å²) in [6.45, 7) is 3.53. The van der Waals surface area contributed by atoms with E-state index in [2.05, 4.69) is 6.07 Å². The van der Waals surface area contributed by atoms with Gasteiger partial charge < -0.3 is 14.2 Å². The number of nitrogens with zero attached hydrogens (tertiary/aromatic N) is 1. The van der Waals surface area contributed by atoms with Crippen molar-refractivity contribution in [2.24, 2.45) is 0 Å².